The number of aromatic nitrogens is 1. The van der Waals surface area contributed by atoms with Gasteiger partial charge in [-0.25, -0.2) is 4.98 Å². The van der Waals surface area contributed by atoms with Crippen molar-refractivity contribution in [2.75, 3.05) is 32.1 Å². The smallest absolute Gasteiger partial charge is 0.312 e. The summed E-state index contributed by atoms with van der Waals surface area (Å²) < 4.78 is 5.48. The van der Waals surface area contributed by atoms with Gasteiger partial charge in [0.1, 0.15) is 0 Å². The number of ether oxygens (including phenoxy) is 1. The molecule has 2 heterocycles. The molecule has 0 bridgehead atoms. The Balaban J connectivity index is 1.92. The van der Waals surface area contributed by atoms with Gasteiger partial charge in [-0.15, -0.1) is 0 Å². The summed E-state index contributed by atoms with van der Waals surface area (Å²) in [5, 5.41) is 14.2. The van der Waals surface area contributed by atoms with E-state index in [-0.39, 0.29) is 23.5 Å². The molecule has 0 aliphatic carbocycles. The van der Waals surface area contributed by atoms with Crippen molar-refractivity contribution in [1.82, 2.24) is 9.88 Å². The van der Waals surface area contributed by atoms with Gasteiger partial charge in [0.25, 0.3) is 0 Å². The second kappa shape index (κ2) is 8.21. The average Bonchev–Trinajstić information content (AvgIpc) is 2.54. The Labute approximate surface area is 142 Å². The van der Waals surface area contributed by atoms with E-state index in [9.17, 15) is 14.9 Å². The monoisotopic (exact) mass is 386 g/mol. The number of likely N-dealkylation sites (tertiary alicyclic amines) is 1. The molecule has 8 nitrogen and oxygen atoms in total. The van der Waals surface area contributed by atoms with Crippen molar-refractivity contribution in [3.8, 4) is 0 Å². The number of piperidine rings is 1. The van der Waals surface area contributed by atoms with E-state index in [1.165, 1.54) is 12.3 Å². The topological polar surface area (TPSA) is 97.6 Å². The summed E-state index contributed by atoms with van der Waals surface area (Å²) in [4.78, 5) is 28.5. The van der Waals surface area contributed by atoms with Crippen LogP contribution in [0.3, 0.4) is 0 Å². The lowest BCUT2D eigenvalue weighted by Gasteiger charge is -2.32. The number of carbonyl (C=O) groups is 1. The SMILES string of the molecule is COCCC(=O)N1CCC(Nc2ncc(Br)cc2[N+](=O)[O-])CC1. The van der Waals surface area contributed by atoms with Crippen LogP contribution in [0.15, 0.2) is 16.7 Å². The first kappa shape index (κ1) is 17.6. The number of pyridine rings is 1. The average molecular weight is 387 g/mol. The van der Waals surface area contributed by atoms with Crippen molar-refractivity contribution in [3.63, 3.8) is 0 Å². The van der Waals surface area contributed by atoms with E-state index in [0.717, 1.165) is 12.8 Å². The zero-order chi connectivity index (χ0) is 16.8. The number of carbonyl (C=O) groups excluding carboxylic acids is 1. The van der Waals surface area contributed by atoms with Crippen molar-refractivity contribution in [3.05, 3.63) is 26.9 Å². The first-order valence-electron chi connectivity index (χ1n) is 7.34. The van der Waals surface area contributed by atoms with Gasteiger partial charge in [-0.05, 0) is 28.8 Å². The zero-order valence-electron chi connectivity index (χ0n) is 12.8. The number of nitro groups is 1. The second-order valence-corrected chi connectivity index (χ2v) is 6.24. The molecule has 9 heteroatoms. The number of nitrogens with zero attached hydrogens (tertiary/aromatic N) is 3. The number of hydrogen-bond donors (Lipinski definition) is 1. The van der Waals surface area contributed by atoms with Crippen LogP contribution in [-0.2, 0) is 9.53 Å². The molecule has 2 rings (SSSR count). The Bertz CT molecular complexity index is 576. The molecule has 0 spiro atoms. The molecule has 1 amide bonds. The van der Waals surface area contributed by atoms with E-state index < -0.39 is 4.92 Å². The van der Waals surface area contributed by atoms with Crippen molar-refractivity contribution < 1.29 is 14.5 Å². The third-order valence-corrected chi connectivity index (χ3v) is 4.17. The van der Waals surface area contributed by atoms with Gasteiger partial charge in [0.15, 0.2) is 0 Å². The van der Waals surface area contributed by atoms with Crippen molar-refractivity contribution >= 4 is 33.3 Å². The molecule has 0 aromatic carbocycles. The van der Waals surface area contributed by atoms with E-state index in [0.29, 0.717) is 30.6 Å². The summed E-state index contributed by atoms with van der Waals surface area (Å²) in [7, 11) is 1.57. The largest absolute Gasteiger partial charge is 0.384 e. The number of nitrogens with one attached hydrogen (secondary N) is 1. The molecular weight excluding hydrogens is 368 g/mol. The lowest BCUT2D eigenvalue weighted by Crippen LogP contribution is -2.42. The summed E-state index contributed by atoms with van der Waals surface area (Å²) in [6.45, 7) is 1.68. The molecule has 1 saturated heterocycles. The van der Waals surface area contributed by atoms with Gasteiger partial charge < -0.3 is 15.0 Å². The minimum absolute atomic E-state index is 0.0574. The fraction of sp³-hybridized carbons (Fsp3) is 0.571. The first-order chi connectivity index (χ1) is 11.0. The summed E-state index contributed by atoms with van der Waals surface area (Å²) in [6.07, 6.45) is 3.37. The molecule has 0 saturated carbocycles. The van der Waals surface area contributed by atoms with Gasteiger partial charge in [-0.3, -0.25) is 14.9 Å². The molecule has 23 heavy (non-hydrogen) atoms. The second-order valence-electron chi connectivity index (χ2n) is 5.32. The number of amides is 1. The minimum atomic E-state index is -0.455. The lowest BCUT2D eigenvalue weighted by molar-refractivity contribution is -0.384. The van der Waals surface area contributed by atoms with Crippen LogP contribution in [0.2, 0.25) is 0 Å². The molecule has 0 radical (unpaired) electrons. The van der Waals surface area contributed by atoms with Crippen LogP contribution in [0.4, 0.5) is 11.5 Å². The minimum Gasteiger partial charge on any atom is -0.384 e. The van der Waals surface area contributed by atoms with E-state index in [1.807, 2.05) is 0 Å². The first-order valence-corrected chi connectivity index (χ1v) is 8.13. The number of anilines is 1. The quantitative estimate of drug-likeness (QED) is 0.594. The van der Waals surface area contributed by atoms with Crippen molar-refractivity contribution in [2.24, 2.45) is 0 Å². The van der Waals surface area contributed by atoms with E-state index in [4.69, 9.17) is 4.74 Å². The molecule has 126 valence electrons. The number of halogens is 1. The maximum absolute atomic E-state index is 11.9. The number of methoxy groups -OCH3 is 1. The number of rotatable bonds is 6. The predicted octanol–water partition coefficient (Wildman–Crippen LogP) is 2.19. The van der Waals surface area contributed by atoms with Crippen LogP contribution in [0.25, 0.3) is 0 Å². The van der Waals surface area contributed by atoms with Crippen molar-refractivity contribution in [1.29, 1.82) is 0 Å². The van der Waals surface area contributed by atoms with Gasteiger partial charge in [0.05, 0.1) is 18.0 Å². The molecular formula is C14H19BrN4O4. The molecule has 1 aromatic rings. The summed E-state index contributed by atoms with van der Waals surface area (Å²) in [6, 6.07) is 1.49. The fourth-order valence-corrected chi connectivity index (χ4v) is 2.81. The normalized spacial score (nSPS) is 15.5. The summed E-state index contributed by atoms with van der Waals surface area (Å²) in [5.41, 5.74) is -0.0574. The molecule has 1 fully saturated rings. The van der Waals surface area contributed by atoms with Crippen LogP contribution < -0.4 is 5.32 Å². The predicted molar refractivity (Wildman–Crippen MR) is 88.3 cm³/mol. The van der Waals surface area contributed by atoms with Crippen LogP contribution in [0, 0.1) is 10.1 Å². The maximum atomic E-state index is 11.9. The summed E-state index contributed by atoms with van der Waals surface area (Å²) in [5.74, 6) is 0.348. The van der Waals surface area contributed by atoms with Gasteiger partial charge >= 0.3 is 5.69 Å². The third-order valence-electron chi connectivity index (χ3n) is 3.74. The van der Waals surface area contributed by atoms with Gasteiger partial charge in [-0.1, -0.05) is 0 Å². The van der Waals surface area contributed by atoms with Gasteiger partial charge in [0, 0.05) is 43.0 Å². The van der Waals surface area contributed by atoms with Gasteiger partial charge in [-0.2, -0.15) is 0 Å². The van der Waals surface area contributed by atoms with E-state index in [1.54, 1.807) is 12.0 Å². The van der Waals surface area contributed by atoms with Crippen LogP contribution in [0.5, 0.6) is 0 Å². The highest BCUT2D eigenvalue weighted by Crippen LogP contribution is 2.27. The highest BCUT2D eigenvalue weighted by Gasteiger charge is 2.25. The maximum Gasteiger partial charge on any atom is 0.312 e. The molecule has 1 N–H and O–H groups in total. The van der Waals surface area contributed by atoms with Crippen LogP contribution in [-0.4, -0.2) is 53.6 Å². The highest BCUT2D eigenvalue weighted by molar-refractivity contribution is 9.10. The number of hydrogen-bond acceptors (Lipinski definition) is 6. The van der Waals surface area contributed by atoms with E-state index >= 15 is 0 Å². The van der Waals surface area contributed by atoms with Crippen molar-refractivity contribution in [2.45, 2.75) is 25.3 Å². The molecule has 0 atom stereocenters. The third kappa shape index (κ3) is 4.87. The molecule has 1 aliphatic heterocycles. The van der Waals surface area contributed by atoms with Gasteiger partial charge in [0.2, 0.25) is 11.7 Å². The fourth-order valence-electron chi connectivity index (χ4n) is 2.49. The van der Waals surface area contributed by atoms with Crippen LogP contribution >= 0.6 is 15.9 Å². The Morgan fingerprint density at radius 1 is 1.57 bits per heavy atom. The van der Waals surface area contributed by atoms with Crippen LogP contribution in [0.1, 0.15) is 19.3 Å². The Kier molecular flexibility index (Phi) is 6.28. The molecule has 0 unspecified atom stereocenters. The summed E-state index contributed by atoms with van der Waals surface area (Å²) >= 11 is 3.19. The van der Waals surface area contributed by atoms with E-state index in [2.05, 4.69) is 26.2 Å². The Morgan fingerprint density at radius 2 is 2.26 bits per heavy atom. The molecule has 1 aromatic heterocycles. The standard InChI is InChI=1S/C14H19BrN4O4/c1-23-7-4-13(20)18-5-2-11(3-6-18)17-14-12(19(21)22)8-10(15)9-16-14/h8-9,11H,2-7H2,1H3,(H,16,17). The lowest BCUT2D eigenvalue weighted by atomic mass is 10.0. The Morgan fingerprint density at radius 3 is 2.87 bits per heavy atom. The molecule has 1 aliphatic rings. The highest BCUT2D eigenvalue weighted by atomic mass is 79.9. The Hall–Kier alpha value is -1.74. The zero-order valence-corrected chi connectivity index (χ0v) is 14.4.